The molecule has 8 rings (SSSR count). The number of nitrogens with zero attached hydrogens (tertiary/aromatic N) is 3. The van der Waals surface area contributed by atoms with Crippen molar-refractivity contribution in [2.24, 2.45) is 0 Å². The Balaban J connectivity index is 0.000000142. The zero-order valence-electron chi connectivity index (χ0n) is 24.1. The van der Waals surface area contributed by atoms with E-state index >= 15 is 0 Å². The van der Waals surface area contributed by atoms with Crippen LogP contribution in [-0.4, -0.2) is 15.0 Å². The first kappa shape index (κ1) is 26.9. The zero-order valence-corrected chi connectivity index (χ0v) is 24.1. The molecular formula is C41H29N3. The topological polar surface area (TPSA) is 38.7 Å². The second-order valence-electron chi connectivity index (χ2n) is 10.4. The van der Waals surface area contributed by atoms with Gasteiger partial charge in [0, 0.05) is 27.5 Å². The normalized spacial score (nSPS) is 10.7. The number of hydrogen-bond acceptors (Lipinski definition) is 3. The van der Waals surface area contributed by atoms with Crippen LogP contribution in [-0.2, 0) is 0 Å². The minimum atomic E-state index is 0.762. The molecule has 8 aromatic rings. The zero-order chi connectivity index (χ0) is 29.6. The van der Waals surface area contributed by atoms with Gasteiger partial charge in [-0.3, -0.25) is 0 Å². The Morgan fingerprint density at radius 1 is 0.318 bits per heavy atom. The molecule has 6 aromatic carbocycles. The van der Waals surface area contributed by atoms with Crippen molar-refractivity contribution in [1.29, 1.82) is 0 Å². The lowest BCUT2D eigenvalue weighted by Crippen LogP contribution is -1.94. The van der Waals surface area contributed by atoms with Crippen LogP contribution >= 0.6 is 0 Å². The van der Waals surface area contributed by atoms with Crippen LogP contribution in [0.25, 0.3) is 66.8 Å². The maximum atomic E-state index is 4.83. The second kappa shape index (κ2) is 12.5. The highest BCUT2D eigenvalue weighted by atomic mass is 14.9. The first-order valence-electron chi connectivity index (χ1n) is 14.7. The van der Waals surface area contributed by atoms with E-state index in [1.807, 2.05) is 97.1 Å². The van der Waals surface area contributed by atoms with Crippen LogP contribution in [0.2, 0.25) is 0 Å². The molecule has 3 heteroatoms. The van der Waals surface area contributed by atoms with Crippen LogP contribution in [0.4, 0.5) is 0 Å². The van der Waals surface area contributed by atoms with E-state index in [4.69, 9.17) is 15.0 Å². The van der Waals surface area contributed by atoms with E-state index in [0.29, 0.717) is 0 Å². The highest BCUT2D eigenvalue weighted by Gasteiger charge is 2.11. The molecule has 0 aliphatic carbocycles. The Kier molecular flexibility index (Phi) is 7.66. The lowest BCUT2D eigenvalue weighted by atomic mass is 9.98. The van der Waals surface area contributed by atoms with Crippen molar-refractivity contribution in [3.8, 4) is 45.0 Å². The van der Waals surface area contributed by atoms with E-state index < -0.39 is 0 Å². The summed E-state index contributed by atoms with van der Waals surface area (Å²) < 4.78 is 0. The molecule has 2 aromatic heterocycles. The number of aromatic nitrogens is 3. The second-order valence-corrected chi connectivity index (χ2v) is 10.4. The molecule has 0 bridgehead atoms. The van der Waals surface area contributed by atoms with Crippen LogP contribution in [0.1, 0.15) is 0 Å². The van der Waals surface area contributed by atoms with Crippen molar-refractivity contribution in [1.82, 2.24) is 15.0 Å². The summed E-state index contributed by atoms with van der Waals surface area (Å²) in [6, 6.07) is 59.9. The Hall–Kier alpha value is -5.93. The van der Waals surface area contributed by atoms with Gasteiger partial charge >= 0.3 is 0 Å². The van der Waals surface area contributed by atoms with E-state index in [9.17, 15) is 0 Å². The van der Waals surface area contributed by atoms with Crippen molar-refractivity contribution in [3.63, 3.8) is 0 Å². The predicted molar refractivity (Wildman–Crippen MR) is 183 cm³/mol. The summed E-state index contributed by atoms with van der Waals surface area (Å²) in [5, 5.41) is 2.27. The van der Waals surface area contributed by atoms with Gasteiger partial charge in [-0.1, -0.05) is 158 Å². The SMILES string of the molecule is c1ccc(-c2cc(-c3ccccc3)c3ccccc3n2)cc1.c1ccc(-c2nc(-c3ccccc3)c3ccccc3n2)cc1. The van der Waals surface area contributed by atoms with E-state index in [2.05, 4.69) is 78.9 Å². The Bertz CT molecular complexity index is 1990. The van der Waals surface area contributed by atoms with Gasteiger partial charge in [0.1, 0.15) is 0 Å². The van der Waals surface area contributed by atoms with Crippen LogP contribution in [0, 0.1) is 0 Å². The number of benzene rings is 6. The maximum Gasteiger partial charge on any atom is 0.160 e. The van der Waals surface area contributed by atoms with Gasteiger partial charge in [-0.15, -0.1) is 0 Å². The lowest BCUT2D eigenvalue weighted by molar-refractivity contribution is 1.23. The lowest BCUT2D eigenvalue weighted by Gasteiger charge is -2.10. The number of fused-ring (bicyclic) bond motifs is 2. The Morgan fingerprint density at radius 3 is 1.39 bits per heavy atom. The average molecular weight is 564 g/mol. The molecule has 0 aliphatic rings. The Labute approximate surface area is 257 Å². The third-order valence-corrected chi connectivity index (χ3v) is 7.55. The summed E-state index contributed by atoms with van der Waals surface area (Å²) in [4.78, 5) is 14.4. The largest absolute Gasteiger partial charge is 0.248 e. The molecule has 0 spiro atoms. The number of pyridine rings is 1. The standard InChI is InChI=1S/C21H15N.C20H14N2/c1-3-9-16(10-4-1)19-15-21(17-11-5-2-6-12-17)22-20-14-8-7-13-18(19)20;1-3-9-15(10-4-1)19-17-13-7-8-14-18(17)21-20(22-19)16-11-5-2-6-12-16/h1-15H;1-14H. The summed E-state index contributed by atoms with van der Waals surface area (Å²) in [6.45, 7) is 0. The van der Waals surface area contributed by atoms with Gasteiger partial charge in [0.2, 0.25) is 0 Å². The summed E-state index contributed by atoms with van der Waals surface area (Å²) in [6.07, 6.45) is 0. The minimum Gasteiger partial charge on any atom is -0.248 e. The molecule has 0 saturated heterocycles. The first-order chi connectivity index (χ1) is 21.8. The van der Waals surface area contributed by atoms with Gasteiger partial charge < -0.3 is 0 Å². The fraction of sp³-hybridized carbons (Fsp3) is 0. The molecule has 0 unspecified atom stereocenters. The van der Waals surface area contributed by atoms with Crippen LogP contribution < -0.4 is 0 Å². The molecule has 0 atom stereocenters. The van der Waals surface area contributed by atoms with Gasteiger partial charge in [-0.25, -0.2) is 15.0 Å². The van der Waals surface area contributed by atoms with Crippen molar-refractivity contribution in [2.45, 2.75) is 0 Å². The van der Waals surface area contributed by atoms with Crippen molar-refractivity contribution in [2.75, 3.05) is 0 Å². The summed E-state index contributed by atoms with van der Waals surface area (Å²) >= 11 is 0. The molecule has 0 amide bonds. The molecule has 0 saturated carbocycles. The van der Waals surface area contributed by atoms with Gasteiger partial charge in [-0.2, -0.15) is 0 Å². The highest BCUT2D eigenvalue weighted by Crippen LogP contribution is 2.32. The quantitative estimate of drug-likeness (QED) is 0.214. The fourth-order valence-corrected chi connectivity index (χ4v) is 5.40. The molecule has 3 nitrogen and oxygen atoms in total. The maximum absolute atomic E-state index is 4.83. The van der Waals surface area contributed by atoms with Gasteiger partial charge in [0.05, 0.1) is 22.4 Å². The fourth-order valence-electron chi connectivity index (χ4n) is 5.40. The minimum absolute atomic E-state index is 0.762. The summed E-state index contributed by atoms with van der Waals surface area (Å²) in [5.74, 6) is 0.762. The van der Waals surface area contributed by atoms with Crippen LogP contribution in [0.15, 0.2) is 176 Å². The van der Waals surface area contributed by atoms with Gasteiger partial charge in [0.15, 0.2) is 5.82 Å². The predicted octanol–water partition coefficient (Wildman–Crippen LogP) is 10.5. The van der Waals surface area contributed by atoms with Crippen molar-refractivity contribution in [3.05, 3.63) is 176 Å². The van der Waals surface area contributed by atoms with Gasteiger partial charge in [0.25, 0.3) is 0 Å². The van der Waals surface area contributed by atoms with E-state index in [-0.39, 0.29) is 0 Å². The van der Waals surface area contributed by atoms with E-state index in [0.717, 1.165) is 50.3 Å². The highest BCUT2D eigenvalue weighted by molar-refractivity contribution is 5.97. The molecule has 0 radical (unpaired) electrons. The van der Waals surface area contributed by atoms with Crippen molar-refractivity contribution < 1.29 is 0 Å². The molecule has 44 heavy (non-hydrogen) atoms. The molecule has 0 N–H and O–H groups in total. The first-order valence-corrected chi connectivity index (χ1v) is 14.7. The third kappa shape index (κ3) is 5.72. The molecule has 0 aliphatic heterocycles. The van der Waals surface area contributed by atoms with Gasteiger partial charge in [-0.05, 0) is 29.3 Å². The molecule has 0 fully saturated rings. The van der Waals surface area contributed by atoms with Crippen LogP contribution in [0.3, 0.4) is 0 Å². The molecular weight excluding hydrogens is 534 g/mol. The third-order valence-electron chi connectivity index (χ3n) is 7.55. The summed E-state index contributed by atoms with van der Waals surface area (Å²) in [7, 11) is 0. The molecule has 208 valence electrons. The summed E-state index contributed by atoms with van der Waals surface area (Å²) in [5.41, 5.74) is 9.72. The average Bonchev–Trinajstić information content (AvgIpc) is 3.12. The van der Waals surface area contributed by atoms with E-state index in [1.54, 1.807) is 0 Å². The number of para-hydroxylation sites is 2. The smallest absolute Gasteiger partial charge is 0.160 e. The number of hydrogen-bond donors (Lipinski definition) is 0. The number of rotatable bonds is 4. The van der Waals surface area contributed by atoms with E-state index in [1.165, 1.54) is 16.5 Å². The Morgan fingerprint density at radius 2 is 0.773 bits per heavy atom. The molecule has 2 heterocycles. The monoisotopic (exact) mass is 563 g/mol. The van der Waals surface area contributed by atoms with Crippen molar-refractivity contribution >= 4 is 21.8 Å². The van der Waals surface area contributed by atoms with Crippen LogP contribution in [0.5, 0.6) is 0 Å².